The summed E-state index contributed by atoms with van der Waals surface area (Å²) in [5.74, 6) is 1.78. The molecule has 0 saturated carbocycles. The fourth-order valence-corrected chi connectivity index (χ4v) is 2.51. The van der Waals surface area contributed by atoms with Crippen LogP contribution < -0.4 is 9.64 Å². The topological polar surface area (TPSA) is 25.4 Å². The van der Waals surface area contributed by atoms with Crippen LogP contribution in [0.25, 0.3) is 0 Å². The average Bonchev–Trinajstić information content (AvgIpc) is 2.41. The van der Waals surface area contributed by atoms with E-state index in [-0.39, 0.29) is 0 Å². The van der Waals surface area contributed by atoms with Crippen molar-refractivity contribution in [3.05, 3.63) is 52.1 Å². The first-order valence-corrected chi connectivity index (χ1v) is 7.10. The lowest BCUT2D eigenvalue weighted by Gasteiger charge is -2.30. The van der Waals surface area contributed by atoms with Gasteiger partial charge in [-0.3, -0.25) is 0 Å². The number of halogens is 1. The van der Waals surface area contributed by atoms with Gasteiger partial charge in [-0.25, -0.2) is 4.98 Å². The highest BCUT2D eigenvalue weighted by molar-refractivity contribution is 9.10. The van der Waals surface area contributed by atoms with Crippen molar-refractivity contribution < 1.29 is 4.74 Å². The SMILES string of the molecule is Cc1ccc(CN2CCOc3cc(Br)cnc32)cc1. The van der Waals surface area contributed by atoms with E-state index in [2.05, 4.69) is 57.0 Å². The predicted octanol–water partition coefficient (Wildman–Crippen LogP) is 3.55. The lowest BCUT2D eigenvalue weighted by molar-refractivity contribution is 0.304. The minimum Gasteiger partial charge on any atom is -0.488 e. The molecule has 0 unspecified atom stereocenters. The van der Waals surface area contributed by atoms with Gasteiger partial charge in [-0.2, -0.15) is 0 Å². The Balaban J connectivity index is 1.85. The highest BCUT2D eigenvalue weighted by Gasteiger charge is 2.19. The van der Waals surface area contributed by atoms with Gasteiger partial charge in [0.25, 0.3) is 0 Å². The zero-order valence-electron chi connectivity index (χ0n) is 10.8. The number of anilines is 1. The molecule has 0 spiro atoms. The van der Waals surface area contributed by atoms with Crippen LogP contribution in [0.1, 0.15) is 11.1 Å². The van der Waals surface area contributed by atoms with Crippen molar-refractivity contribution >= 4 is 21.7 Å². The van der Waals surface area contributed by atoms with Crippen molar-refractivity contribution in [1.82, 2.24) is 4.98 Å². The largest absolute Gasteiger partial charge is 0.488 e. The fourth-order valence-electron chi connectivity index (χ4n) is 2.20. The van der Waals surface area contributed by atoms with Gasteiger partial charge in [0.05, 0.1) is 6.54 Å². The Morgan fingerprint density at radius 2 is 2.11 bits per heavy atom. The molecular formula is C15H15BrN2O. The number of ether oxygens (including phenoxy) is 1. The number of fused-ring (bicyclic) bond motifs is 1. The van der Waals surface area contributed by atoms with Crippen molar-refractivity contribution in [1.29, 1.82) is 0 Å². The minimum absolute atomic E-state index is 0.705. The van der Waals surface area contributed by atoms with Crippen molar-refractivity contribution in [2.45, 2.75) is 13.5 Å². The van der Waals surface area contributed by atoms with Crippen molar-refractivity contribution in [3.63, 3.8) is 0 Å². The molecule has 1 aromatic carbocycles. The minimum atomic E-state index is 0.705. The van der Waals surface area contributed by atoms with Gasteiger partial charge < -0.3 is 9.64 Å². The van der Waals surface area contributed by atoms with E-state index in [1.807, 2.05) is 12.3 Å². The fraction of sp³-hybridized carbons (Fsp3) is 0.267. The standard InChI is InChI=1S/C15H15BrN2O/c1-11-2-4-12(5-3-11)10-18-6-7-19-14-8-13(16)9-17-15(14)18/h2-5,8-9H,6-7,10H2,1H3. The maximum atomic E-state index is 5.66. The van der Waals surface area contributed by atoms with Crippen LogP contribution in [0.4, 0.5) is 5.82 Å². The summed E-state index contributed by atoms with van der Waals surface area (Å²) in [6.45, 7) is 4.55. The lowest BCUT2D eigenvalue weighted by atomic mass is 10.1. The molecule has 1 aliphatic heterocycles. The first-order valence-electron chi connectivity index (χ1n) is 6.31. The van der Waals surface area contributed by atoms with E-state index >= 15 is 0 Å². The third kappa shape index (κ3) is 2.73. The Morgan fingerprint density at radius 1 is 1.32 bits per heavy atom. The smallest absolute Gasteiger partial charge is 0.171 e. The molecule has 0 bridgehead atoms. The number of hydrogen-bond acceptors (Lipinski definition) is 3. The number of nitrogens with zero attached hydrogens (tertiary/aromatic N) is 2. The molecular weight excluding hydrogens is 304 g/mol. The quantitative estimate of drug-likeness (QED) is 0.846. The molecule has 0 atom stereocenters. The first-order chi connectivity index (χ1) is 9.22. The second-order valence-corrected chi connectivity index (χ2v) is 5.65. The molecule has 0 aliphatic carbocycles. The van der Waals surface area contributed by atoms with Crippen molar-refractivity contribution in [2.24, 2.45) is 0 Å². The van der Waals surface area contributed by atoms with Crippen LogP contribution in [0.3, 0.4) is 0 Å². The molecule has 3 nitrogen and oxygen atoms in total. The van der Waals surface area contributed by atoms with Crippen molar-refractivity contribution in [2.75, 3.05) is 18.1 Å². The summed E-state index contributed by atoms with van der Waals surface area (Å²) in [6.07, 6.45) is 1.82. The monoisotopic (exact) mass is 318 g/mol. The van der Waals surface area contributed by atoms with Gasteiger partial charge in [-0.05, 0) is 34.5 Å². The third-order valence-electron chi connectivity index (χ3n) is 3.21. The Kier molecular flexibility index (Phi) is 3.42. The van der Waals surface area contributed by atoms with Crippen LogP contribution in [-0.2, 0) is 6.54 Å². The van der Waals surface area contributed by atoms with Crippen LogP contribution in [0, 0.1) is 6.92 Å². The zero-order valence-corrected chi connectivity index (χ0v) is 12.4. The molecule has 2 aromatic rings. The van der Waals surface area contributed by atoms with Gasteiger partial charge in [0, 0.05) is 17.2 Å². The molecule has 98 valence electrons. The molecule has 1 aliphatic rings. The van der Waals surface area contributed by atoms with Crippen LogP contribution >= 0.6 is 15.9 Å². The Hall–Kier alpha value is -1.55. The molecule has 0 N–H and O–H groups in total. The summed E-state index contributed by atoms with van der Waals surface area (Å²) in [5.41, 5.74) is 2.58. The van der Waals surface area contributed by atoms with E-state index in [0.717, 1.165) is 29.1 Å². The molecule has 0 saturated heterocycles. The Bertz CT molecular complexity index is 583. The molecule has 0 fully saturated rings. The predicted molar refractivity (Wildman–Crippen MR) is 79.7 cm³/mol. The number of hydrogen-bond donors (Lipinski definition) is 0. The van der Waals surface area contributed by atoms with E-state index in [4.69, 9.17) is 4.74 Å². The first kappa shape index (κ1) is 12.5. The summed E-state index contributed by atoms with van der Waals surface area (Å²) < 4.78 is 6.60. The Labute approximate surface area is 121 Å². The van der Waals surface area contributed by atoms with Gasteiger partial charge >= 0.3 is 0 Å². The van der Waals surface area contributed by atoms with Gasteiger partial charge in [-0.1, -0.05) is 29.8 Å². The molecule has 0 radical (unpaired) electrons. The van der Waals surface area contributed by atoms with E-state index in [1.165, 1.54) is 11.1 Å². The highest BCUT2D eigenvalue weighted by atomic mass is 79.9. The summed E-state index contributed by atoms with van der Waals surface area (Å²) in [7, 11) is 0. The van der Waals surface area contributed by atoms with Crippen LogP contribution in [0.2, 0.25) is 0 Å². The molecule has 1 aromatic heterocycles. The second-order valence-electron chi connectivity index (χ2n) is 4.73. The van der Waals surface area contributed by atoms with Gasteiger partial charge in [0.1, 0.15) is 6.61 Å². The number of rotatable bonds is 2. The summed E-state index contributed by atoms with van der Waals surface area (Å²) in [5, 5.41) is 0. The molecule has 0 amide bonds. The summed E-state index contributed by atoms with van der Waals surface area (Å²) in [4.78, 5) is 6.73. The van der Waals surface area contributed by atoms with E-state index in [0.29, 0.717) is 6.61 Å². The summed E-state index contributed by atoms with van der Waals surface area (Å²) >= 11 is 3.42. The zero-order chi connectivity index (χ0) is 13.2. The van der Waals surface area contributed by atoms with E-state index in [9.17, 15) is 0 Å². The molecule has 4 heteroatoms. The third-order valence-corrected chi connectivity index (χ3v) is 3.65. The maximum Gasteiger partial charge on any atom is 0.171 e. The number of benzene rings is 1. The number of aryl methyl sites for hydroxylation is 1. The molecule has 3 rings (SSSR count). The van der Waals surface area contributed by atoms with E-state index in [1.54, 1.807) is 0 Å². The van der Waals surface area contributed by atoms with Gasteiger partial charge in [0.2, 0.25) is 0 Å². The normalized spacial score (nSPS) is 13.9. The lowest BCUT2D eigenvalue weighted by Crippen LogP contribution is -2.32. The van der Waals surface area contributed by atoms with Gasteiger partial charge in [-0.15, -0.1) is 0 Å². The van der Waals surface area contributed by atoms with Crippen LogP contribution in [-0.4, -0.2) is 18.1 Å². The van der Waals surface area contributed by atoms with Gasteiger partial charge in [0.15, 0.2) is 11.6 Å². The average molecular weight is 319 g/mol. The number of aromatic nitrogens is 1. The van der Waals surface area contributed by atoms with Crippen molar-refractivity contribution in [3.8, 4) is 5.75 Å². The maximum absolute atomic E-state index is 5.66. The Morgan fingerprint density at radius 3 is 2.89 bits per heavy atom. The second kappa shape index (κ2) is 5.21. The summed E-state index contributed by atoms with van der Waals surface area (Å²) in [6, 6.07) is 10.6. The molecule has 19 heavy (non-hydrogen) atoms. The molecule has 2 heterocycles. The van der Waals surface area contributed by atoms with Crippen LogP contribution in [0.5, 0.6) is 5.75 Å². The van der Waals surface area contributed by atoms with Crippen LogP contribution in [0.15, 0.2) is 41.0 Å². The highest BCUT2D eigenvalue weighted by Crippen LogP contribution is 2.32. The number of pyridine rings is 1. The van der Waals surface area contributed by atoms with E-state index < -0.39 is 0 Å².